The molecular formula is C17H22N2O3. The number of carbonyl (C=O) groups excluding carboxylic acids is 3. The van der Waals surface area contributed by atoms with Gasteiger partial charge in [0.1, 0.15) is 0 Å². The number of benzene rings is 1. The number of anilines is 1. The van der Waals surface area contributed by atoms with Crippen molar-refractivity contribution in [2.24, 2.45) is 0 Å². The molecule has 118 valence electrons. The summed E-state index contributed by atoms with van der Waals surface area (Å²) < 4.78 is 0. The zero-order valence-corrected chi connectivity index (χ0v) is 13.2. The molecule has 0 heterocycles. The Kier molecular flexibility index (Phi) is 7.02. The van der Waals surface area contributed by atoms with E-state index in [1.165, 1.54) is 13.0 Å². The largest absolute Gasteiger partial charge is 0.353 e. The molecule has 0 saturated heterocycles. The van der Waals surface area contributed by atoms with Crippen molar-refractivity contribution < 1.29 is 14.4 Å². The Hall–Kier alpha value is -2.43. The van der Waals surface area contributed by atoms with E-state index in [-0.39, 0.29) is 17.6 Å². The van der Waals surface area contributed by atoms with Crippen molar-refractivity contribution in [3.8, 4) is 0 Å². The Morgan fingerprint density at radius 1 is 1.09 bits per heavy atom. The molecule has 0 saturated carbocycles. The molecule has 0 atom stereocenters. The lowest BCUT2D eigenvalue weighted by molar-refractivity contribution is -0.117. The van der Waals surface area contributed by atoms with Crippen LogP contribution in [0.1, 0.15) is 44.0 Å². The molecule has 0 fully saturated rings. The number of nitrogens with one attached hydrogen (secondary N) is 2. The predicted molar refractivity (Wildman–Crippen MR) is 86.8 cm³/mol. The summed E-state index contributed by atoms with van der Waals surface area (Å²) in [6.07, 6.45) is 3.20. The van der Waals surface area contributed by atoms with E-state index in [1.807, 2.05) is 6.92 Å². The molecule has 2 amide bonds. The number of carbonyl (C=O) groups is 3. The van der Waals surface area contributed by atoms with Gasteiger partial charge in [0.05, 0.1) is 0 Å². The third-order valence-corrected chi connectivity index (χ3v) is 3.08. The lowest BCUT2D eigenvalue weighted by Gasteiger charge is -2.06. The monoisotopic (exact) mass is 302 g/mol. The smallest absolute Gasteiger partial charge is 0.251 e. The van der Waals surface area contributed by atoms with Gasteiger partial charge in [-0.2, -0.15) is 0 Å². The first-order valence-electron chi connectivity index (χ1n) is 7.32. The molecule has 1 rings (SSSR count). The molecule has 0 aromatic heterocycles. The van der Waals surface area contributed by atoms with Crippen molar-refractivity contribution in [2.75, 3.05) is 11.9 Å². The maximum Gasteiger partial charge on any atom is 0.251 e. The van der Waals surface area contributed by atoms with Crippen molar-refractivity contribution in [1.82, 2.24) is 5.32 Å². The van der Waals surface area contributed by atoms with Crippen molar-refractivity contribution in [3.63, 3.8) is 0 Å². The average Bonchev–Trinajstić information content (AvgIpc) is 2.47. The second-order valence-electron chi connectivity index (χ2n) is 5.06. The van der Waals surface area contributed by atoms with Crippen LogP contribution >= 0.6 is 0 Å². The summed E-state index contributed by atoms with van der Waals surface area (Å²) in [6.45, 7) is 5.71. The molecule has 5 heteroatoms. The molecule has 0 aliphatic carbocycles. The molecule has 22 heavy (non-hydrogen) atoms. The second-order valence-corrected chi connectivity index (χ2v) is 5.06. The second kappa shape index (κ2) is 8.77. The fraction of sp³-hybridized carbons (Fsp3) is 0.353. The average molecular weight is 302 g/mol. The van der Waals surface area contributed by atoms with Crippen LogP contribution in [0.25, 0.3) is 0 Å². The fourth-order valence-electron chi connectivity index (χ4n) is 1.72. The topological polar surface area (TPSA) is 75.3 Å². The first kappa shape index (κ1) is 17.6. The van der Waals surface area contributed by atoms with Crippen molar-refractivity contribution in [3.05, 3.63) is 41.5 Å². The van der Waals surface area contributed by atoms with Gasteiger partial charge >= 0.3 is 0 Å². The highest BCUT2D eigenvalue weighted by atomic mass is 16.2. The van der Waals surface area contributed by atoms with Gasteiger partial charge in [-0.3, -0.25) is 14.4 Å². The van der Waals surface area contributed by atoms with E-state index in [0.29, 0.717) is 23.4 Å². The van der Waals surface area contributed by atoms with Gasteiger partial charge in [-0.05, 0) is 44.5 Å². The highest BCUT2D eigenvalue weighted by Gasteiger charge is 2.07. The summed E-state index contributed by atoms with van der Waals surface area (Å²) in [5.41, 5.74) is 1.49. The van der Waals surface area contributed by atoms with Gasteiger partial charge in [-0.15, -0.1) is 0 Å². The van der Waals surface area contributed by atoms with E-state index in [2.05, 4.69) is 10.6 Å². The Morgan fingerprint density at radius 3 is 2.27 bits per heavy atom. The summed E-state index contributed by atoms with van der Waals surface area (Å²) in [4.78, 5) is 34.7. The Bertz CT molecular complexity index is 574. The molecule has 5 nitrogen and oxygen atoms in total. The van der Waals surface area contributed by atoms with Gasteiger partial charge in [0.2, 0.25) is 5.91 Å². The molecule has 0 radical (unpaired) electrons. The minimum atomic E-state index is -0.346. The number of hydrogen-bond acceptors (Lipinski definition) is 3. The standard InChI is InChI=1S/C17H22N2O3/c1-4-5-10-18-16(21)11-12(2)17(22)19-15-8-6-14(7-9-15)13(3)20/h6-9,11H,4-5,10H2,1-3H3,(H,18,21)(H,19,22)/b12-11-. The van der Waals surface area contributed by atoms with Crippen LogP contribution in [0.2, 0.25) is 0 Å². The van der Waals surface area contributed by atoms with Gasteiger partial charge in [0.15, 0.2) is 5.78 Å². The zero-order chi connectivity index (χ0) is 16.5. The lowest BCUT2D eigenvalue weighted by atomic mass is 10.1. The number of rotatable bonds is 7. The van der Waals surface area contributed by atoms with Crippen molar-refractivity contribution >= 4 is 23.3 Å². The SMILES string of the molecule is CCCCNC(=O)/C=C(/C)C(=O)Nc1ccc(C(C)=O)cc1. The molecule has 1 aromatic rings. The maximum atomic E-state index is 12.0. The van der Waals surface area contributed by atoms with Gasteiger partial charge in [-0.1, -0.05) is 13.3 Å². The van der Waals surface area contributed by atoms with Gasteiger partial charge in [-0.25, -0.2) is 0 Å². The molecule has 0 bridgehead atoms. The molecule has 0 aliphatic rings. The summed E-state index contributed by atoms with van der Waals surface area (Å²) in [5.74, 6) is -0.646. The Labute approximate surface area is 130 Å². The number of unbranched alkanes of at least 4 members (excludes halogenated alkanes) is 1. The van der Waals surface area contributed by atoms with E-state index >= 15 is 0 Å². The highest BCUT2D eigenvalue weighted by Crippen LogP contribution is 2.11. The number of ketones is 1. The summed E-state index contributed by atoms with van der Waals surface area (Å²) >= 11 is 0. The van der Waals surface area contributed by atoms with Crippen LogP contribution in [-0.2, 0) is 9.59 Å². The Morgan fingerprint density at radius 2 is 1.73 bits per heavy atom. The summed E-state index contributed by atoms with van der Waals surface area (Å²) in [6, 6.07) is 6.61. The van der Waals surface area contributed by atoms with Crippen LogP contribution in [0.15, 0.2) is 35.9 Å². The normalized spacial score (nSPS) is 11.0. The van der Waals surface area contributed by atoms with Gasteiger partial charge in [0, 0.05) is 29.4 Å². The van der Waals surface area contributed by atoms with Gasteiger partial charge < -0.3 is 10.6 Å². The van der Waals surface area contributed by atoms with Crippen LogP contribution in [0, 0.1) is 0 Å². The lowest BCUT2D eigenvalue weighted by Crippen LogP contribution is -2.23. The molecule has 2 N–H and O–H groups in total. The van der Waals surface area contributed by atoms with Crippen molar-refractivity contribution in [1.29, 1.82) is 0 Å². The minimum absolute atomic E-state index is 0.0299. The predicted octanol–water partition coefficient (Wildman–Crippen LogP) is 2.69. The van der Waals surface area contributed by atoms with E-state index in [1.54, 1.807) is 31.2 Å². The first-order valence-corrected chi connectivity index (χ1v) is 7.32. The molecular weight excluding hydrogens is 280 g/mol. The van der Waals surface area contributed by atoms with E-state index in [9.17, 15) is 14.4 Å². The van der Waals surface area contributed by atoms with Crippen molar-refractivity contribution in [2.45, 2.75) is 33.6 Å². The molecule has 0 aliphatic heterocycles. The molecule has 0 spiro atoms. The number of Topliss-reactive ketones (excluding diaryl/α,β-unsaturated/α-hetero) is 1. The molecule has 1 aromatic carbocycles. The maximum absolute atomic E-state index is 12.0. The van der Waals surface area contributed by atoms with E-state index in [4.69, 9.17) is 0 Å². The minimum Gasteiger partial charge on any atom is -0.353 e. The quantitative estimate of drug-likeness (QED) is 0.462. The van der Waals surface area contributed by atoms with E-state index < -0.39 is 0 Å². The fourth-order valence-corrected chi connectivity index (χ4v) is 1.72. The highest BCUT2D eigenvalue weighted by molar-refractivity contribution is 6.07. The van der Waals surface area contributed by atoms with Crippen LogP contribution < -0.4 is 10.6 Å². The summed E-state index contributed by atoms with van der Waals surface area (Å²) in [7, 11) is 0. The third kappa shape index (κ3) is 5.91. The zero-order valence-electron chi connectivity index (χ0n) is 13.2. The van der Waals surface area contributed by atoms with Crippen LogP contribution in [0.3, 0.4) is 0 Å². The van der Waals surface area contributed by atoms with Crippen LogP contribution in [-0.4, -0.2) is 24.1 Å². The third-order valence-electron chi connectivity index (χ3n) is 3.08. The van der Waals surface area contributed by atoms with E-state index in [0.717, 1.165) is 12.8 Å². The van der Waals surface area contributed by atoms with Crippen LogP contribution in [0.5, 0.6) is 0 Å². The molecule has 0 unspecified atom stereocenters. The number of hydrogen-bond donors (Lipinski definition) is 2. The number of amides is 2. The Balaban J connectivity index is 2.59. The van der Waals surface area contributed by atoms with Crippen LogP contribution in [0.4, 0.5) is 5.69 Å². The summed E-state index contributed by atoms with van der Waals surface area (Å²) in [5, 5.41) is 5.40. The van der Waals surface area contributed by atoms with Gasteiger partial charge in [0.25, 0.3) is 5.91 Å². The first-order chi connectivity index (χ1) is 10.4.